The Morgan fingerprint density at radius 3 is 2.71 bits per heavy atom. The highest BCUT2D eigenvalue weighted by atomic mass is 35.5. The van der Waals surface area contributed by atoms with Gasteiger partial charge in [0.1, 0.15) is 12.7 Å². The van der Waals surface area contributed by atoms with Crippen LogP contribution in [0.4, 0.5) is 0 Å². The zero-order valence-corrected chi connectivity index (χ0v) is 14.9. The van der Waals surface area contributed by atoms with Crippen molar-refractivity contribution in [1.82, 2.24) is 4.90 Å². The number of fused-ring (bicyclic) bond motifs is 2. The Hall–Kier alpha value is -1.75. The molecule has 0 fully saturated rings. The molecule has 3 nitrogen and oxygen atoms in total. The van der Waals surface area contributed by atoms with Crippen LogP contribution in [0.15, 0.2) is 48.5 Å². The Morgan fingerprint density at radius 1 is 1.12 bits per heavy atom. The lowest BCUT2D eigenvalue weighted by Crippen LogP contribution is -2.39. The zero-order chi connectivity index (χ0) is 16.5. The lowest BCUT2D eigenvalue weighted by molar-refractivity contribution is 0.0640. The number of hydrogen-bond donors (Lipinski definition) is 0. The van der Waals surface area contributed by atoms with Crippen LogP contribution in [0.25, 0.3) is 10.1 Å². The van der Waals surface area contributed by atoms with E-state index in [1.807, 2.05) is 36.4 Å². The van der Waals surface area contributed by atoms with Gasteiger partial charge in [0.15, 0.2) is 11.5 Å². The Labute approximate surface area is 150 Å². The standard InChI is InChI=1S/C19H18ClNO2S/c1-21(10-13-12-22-15-7-3-4-8-16(15)23-13)11-18-19(20)14-6-2-5-9-17(14)24-18/h2-9,13H,10-12H2,1H3. The van der Waals surface area contributed by atoms with Gasteiger partial charge in [-0.25, -0.2) is 0 Å². The number of thiophene rings is 1. The molecule has 0 saturated heterocycles. The van der Waals surface area contributed by atoms with Crippen LogP contribution < -0.4 is 9.47 Å². The highest BCUT2D eigenvalue weighted by Crippen LogP contribution is 2.36. The fraction of sp³-hybridized carbons (Fsp3) is 0.263. The van der Waals surface area contributed by atoms with E-state index in [-0.39, 0.29) is 6.10 Å². The van der Waals surface area contributed by atoms with Crippen molar-refractivity contribution in [1.29, 1.82) is 0 Å². The van der Waals surface area contributed by atoms with Crippen molar-refractivity contribution in [3.05, 3.63) is 58.4 Å². The topological polar surface area (TPSA) is 21.7 Å². The molecule has 2 heterocycles. The molecule has 124 valence electrons. The second kappa shape index (κ2) is 6.63. The summed E-state index contributed by atoms with van der Waals surface area (Å²) in [7, 11) is 2.09. The van der Waals surface area contributed by atoms with Gasteiger partial charge >= 0.3 is 0 Å². The van der Waals surface area contributed by atoms with E-state index in [2.05, 4.69) is 24.1 Å². The molecule has 4 rings (SSSR count). The average Bonchev–Trinajstić information content (AvgIpc) is 2.91. The number of halogens is 1. The predicted molar refractivity (Wildman–Crippen MR) is 99.5 cm³/mol. The number of benzene rings is 2. The fourth-order valence-electron chi connectivity index (χ4n) is 2.98. The van der Waals surface area contributed by atoms with E-state index in [4.69, 9.17) is 21.1 Å². The van der Waals surface area contributed by atoms with Gasteiger partial charge in [-0.3, -0.25) is 4.90 Å². The highest BCUT2D eigenvalue weighted by Gasteiger charge is 2.22. The van der Waals surface area contributed by atoms with Gasteiger partial charge < -0.3 is 9.47 Å². The van der Waals surface area contributed by atoms with Gasteiger partial charge in [0.2, 0.25) is 0 Å². The summed E-state index contributed by atoms with van der Waals surface area (Å²) in [6.07, 6.45) is 0.0260. The first-order valence-corrected chi connectivity index (χ1v) is 9.13. The van der Waals surface area contributed by atoms with E-state index in [1.54, 1.807) is 11.3 Å². The monoisotopic (exact) mass is 359 g/mol. The average molecular weight is 360 g/mol. The van der Waals surface area contributed by atoms with Gasteiger partial charge in [0.25, 0.3) is 0 Å². The third-order valence-corrected chi connectivity index (χ3v) is 5.80. The molecule has 2 aromatic carbocycles. The fourth-order valence-corrected chi connectivity index (χ4v) is 4.55. The van der Waals surface area contributed by atoms with Crippen molar-refractivity contribution in [2.75, 3.05) is 20.2 Å². The number of likely N-dealkylation sites (N-methyl/N-ethyl adjacent to an activating group) is 1. The molecule has 0 aliphatic carbocycles. The van der Waals surface area contributed by atoms with E-state index in [1.165, 1.54) is 9.58 Å². The Bertz CT molecular complexity index is 863. The lowest BCUT2D eigenvalue weighted by atomic mass is 10.2. The zero-order valence-electron chi connectivity index (χ0n) is 13.4. The molecule has 3 aromatic rings. The molecule has 1 aliphatic rings. The van der Waals surface area contributed by atoms with Gasteiger partial charge in [-0.15, -0.1) is 11.3 Å². The van der Waals surface area contributed by atoms with Crippen LogP contribution in [0.2, 0.25) is 5.02 Å². The maximum Gasteiger partial charge on any atom is 0.161 e. The van der Waals surface area contributed by atoms with Crippen molar-refractivity contribution in [2.45, 2.75) is 12.6 Å². The normalized spacial score (nSPS) is 16.7. The van der Waals surface area contributed by atoms with Gasteiger partial charge in [-0.05, 0) is 25.2 Å². The molecule has 1 aliphatic heterocycles. The van der Waals surface area contributed by atoms with Crippen LogP contribution >= 0.6 is 22.9 Å². The summed E-state index contributed by atoms with van der Waals surface area (Å²) in [4.78, 5) is 3.43. The number of para-hydroxylation sites is 2. The molecule has 1 aromatic heterocycles. The van der Waals surface area contributed by atoms with Crippen LogP contribution in [-0.2, 0) is 6.54 Å². The van der Waals surface area contributed by atoms with Crippen molar-refractivity contribution in [3.63, 3.8) is 0 Å². The molecule has 1 unspecified atom stereocenters. The molecule has 24 heavy (non-hydrogen) atoms. The first-order chi connectivity index (χ1) is 11.7. The minimum atomic E-state index is 0.0260. The summed E-state index contributed by atoms with van der Waals surface area (Å²) < 4.78 is 13.1. The van der Waals surface area contributed by atoms with Gasteiger partial charge in [0.05, 0.1) is 5.02 Å². The number of ether oxygens (including phenoxy) is 2. The van der Waals surface area contributed by atoms with Gasteiger partial charge in [0, 0.05) is 28.1 Å². The lowest BCUT2D eigenvalue weighted by Gasteiger charge is -2.29. The summed E-state index contributed by atoms with van der Waals surface area (Å²) in [5, 5.41) is 2.01. The summed E-state index contributed by atoms with van der Waals surface area (Å²) in [6, 6.07) is 16.1. The highest BCUT2D eigenvalue weighted by molar-refractivity contribution is 7.19. The second-order valence-corrected chi connectivity index (χ2v) is 7.54. The van der Waals surface area contributed by atoms with E-state index in [0.29, 0.717) is 6.61 Å². The molecule has 0 saturated carbocycles. The van der Waals surface area contributed by atoms with Crippen molar-refractivity contribution in [3.8, 4) is 11.5 Å². The molecule has 0 N–H and O–H groups in total. The third-order valence-electron chi connectivity index (χ3n) is 4.10. The number of nitrogens with zero attached hydrogens (tertiary/aromatic N) is 1. The minimum Gasteiger partial charge on any atom is -0.486 e. The molecule has 1 atom stereocenters. The molecular weight excluding hydrogens is 342 g/mol. The largest absolute Gasteiger partial charge is 0.486 e. The van der Waals surface area contributed by atoms with Gasteiger partial charge in [-0.2, -0.15) is 0 Å². The molecule has 0 amide bonds. The molecule has 0 spiro atoms. The first-order valence-electron chi connectivity index (χ1n) is 7.93. The summed E-state index contributed by atoms with van der Waals surface area (Å²) in [5.41, 5.74) is 0. The second-order valence-electron chi connectivity index (χ2n) is 6.03. The Morgan fingerprint density at radius 2 is 1.88 bits per heavy atom. The van der Waals surface area contributed by atoms with Crippen LogP contribution in [0.5, 0.6) is 11.5 Å². The SMILES string of the molecule is CN(Cc1sc2ccccc2c1Cl)CC1COc2ccccc2O1. The van der Waals surface area contributed by atoms with Crippen LogP contribution in [-0.4, -0.2) is 31.2 Å². The maximum atomic E-state index is 6.54. The van der Waals surface area contributed by atoms with Crippen LogP contribution in [0.1, 0.15) is 4.88 Å². The molecular formula is C19H18ClNO2S. The summed E-state index contributed by atoms with van der Waals surface area (Å²) in [5.74, 6) is 1.64. The van der Waals surface area contributed by atoms with Gasteiger partial charge in [-0.1, -0.05) is 41.9 Å². The van der Waals surface area contributed by atoms with E-state index in [9.17, 15) is 0 Å². The van der Waals surface area contributed by atoms with Crippen LogP contribution in [0, 0.1) is 0 Å². The van der Waals surface area contributed by atoms with Crippen molar-refractivity contribution < 1.29 is 9.47 Å². The van der Waals surface area contributed by atoms with Crippen molar-refractivity contribution in [2.24, 2.45) is 0 Å². The van der Waals surface area contributed by atoms with Crippen molar-refractivity contribution >= 4 is 33.0 Å². The smallest absolute Gasteiger partial charge is 0.161 e. The minimum absolute atomic E-state index is 0.0260. The number of hydrogen-bond acceptors (Lipinski definition) is 4. The molecule has 0 radical (unpaired) electrons. The van der Waals surface area contributed by atoms with Crippen LogP contribution in [0.3, 0.4) is 0 Å². The first kappa shape index (κ1) is 15.8. The molecule has 0 bridgehead atoms. The third kappa shape index (κ3) is 3.09. The number of rotatable bonds is 4. The Kier molecular flexibility index (Phi) is 4.35. The Balaban J connectivity index is 1.43. The quantitative estimate of drug-likeness (QED) is 0.666. The summed E-state index contributed by atoms with van der Waals surface area (Å²) in [6.45, 7) is 2.17. The maximum absolute atomic E-state index is 6.54. The van der Waals surface area contributed by atoms with E-state index < -0.39 is 0 Å². The van der Waals surface area contributed by atoms with E-state index in [0.717, 1.165) is 35.0 Å². The van der Waals surface area contributed by atoms with E-state index >= 15 is 0 Å². The summed E-state index contributed by atoms with van der Waals surface area (Å²) >= 11 is 8.30. The molecule has 5 heteroatoms. The predicted octanol–water partition coefficient (Wildman–Crippen LogP) is 4.83.